The van der Waals surface area contributed by atoms with Crippen LogP contribution in [0.2, 0.25) is 0 Å². The highest BCUT2D eigenvalue weighted by Crippen LogP contribution is 2.40. The van der Waals surface area contributed by atoms with Crippen molar-refractivity contribution in [3.63, 3.8) is 0 Å². The molecule has 140 valence electrons. The number of rotatable bonds is 6. The zero-order chi connectivity index (χ0) is 19.4. The van der Waals surface area contributed by atoms with E-state index in [1.54, 1.807) is 31.4 Å². The van der Waals surface area contributed by atoms with Crippen LogP contribution in [0.25, 0.3) is 5.76 Å². The molecule has 1 aliphatic heterocycles. The quantitative estimate of drug-likeness (QED) is 0.368. The predicted molar refractivity (Wildman–Crippen MR) is 103 cm³/mol. The number of ketones is 1. The SMILES string of the molecule is COCCCN1C(=O)C(=O)/C(=C(\O)c2ccccc2)C1c1ccccc1C. The molecule has 0 spiro atoms. The molecule has 1 saturated heterocycles. The third kappa shape index (κ3) is 3.64. The van der Waals surface area contributed by atoms with Gasteiger partial charge >= 0.3 is 0 Å². The van der Waals surface area contributed by atoms with Gasteiger partial charge in [0.15, 0.2) is 0 Å². The highest BCUT2D eigenvalue weighted by atomic mass is 16.5. The van der Waals surface area contributed by atoms with Crippen molar-refractivity contribution in [2.24, 2.45) is 0 Å². The normalized spacial score (nSPS) is 18.9. The first-order chi connectivity index (χ1) is 13.1. The number of likely N-dealkylation sites (tertiary alicyclic amines) is 1. The molecule has 5 nitrogen and oxygen atoms in total. The van der Waals surface area contributed by atoms with Gasteiger partial charge in [0.05, 0.1) is 11.6 Å². The predicted octanol–water partition coefficient (Wildman–Crippen LogP) is 3.45. The molecule has 1 atom stereocenters. The van der Waals surface area contributed by atoms with Gasteiger partial charge in [0, 0.05) is 25.8 Å². The summed E-state index contributed by atoms with van der Waals surface area (Å²) in [6.07, 6.45) is 0.608. The van der Waals surface area contributed by atoms with E-state index in [9.17, 15) is 14.7 Å². The molecule has 2 aromatic carbocycles. The number of hydrogen-bond donors (Lipinski definition) is 1. The topological polar surface area (TPSA) is 66.8 Å². The summed E-state index contributed by atoms with van der Waals surface area (Å²) in [7, 11) is 1.60. The molecule has 1 heterocycles. The highest BCUT2D eigenvalue weighted by molar-refractivity contribution is 6.46. The van der Waals surface area contributed by atoms with Crippen molar-refractivity contribution in [1.82, 2.24) is 4.90 Å². The molecular formula is C22H23NO4. The van der Waals surface area contributed by atoms with Crippen LogP contribution in [-0.4, -0.2) is 42.0 Å². The van der Waals surface area contributed by atoms with Crippen LogP contribution in [0.5, 0.6) is 0 Å². The number of nitrogens with zero attached hydrogens (tertiary/aromatic N) is 1. The van der Waals surface area contributed by atoms with Crippen molar-refractivity contribution in [2.45, 2.75) is 19.4 Å². The number of aliphatic hydroxyl groups excluding tert-OH is 1. The van der Waals surface area contributed by atoms with E-state index in [-0.39, 0.29) is 11.3 Å². The lowest BCUT2D eigenvalue weighted by Gasteiger charge is -2.26. The van der Waals surface area contributed by atoms with Gasteiger partial charge in [-0.3, -0.25) is 9.59 Å². The maximum absolute atomic E-state index is 12.8. The Kier molecular flexibility index (Phi) is 5.72. The summed E-state index contributed by atoms with van der Waals surface area (Å²) in [5, 5.41) is 10.9. The van der Waals surface area contributed by atoms with E-state index in [1.165, 1.54) is 4.90 Å². The molecule has 27 heavy (non-hydrogen) atoms. The minimum absolute atomic E-state index is 0.137. The van der Waals surface area contributed by atoms with Gasteiger partial charge in [0.1, 0.15) is 5.76 Å². The van der Waals surface area contributed by atoms with Crippen molar-refractivity contribution in [3.05, 3.63) is 76.9 Å². The summed E-state index contributed by atoms with van der Waals surface area (Å²) in [5.74, 6) is -1.38. The maximum atomic E-state index is 12.8. The number of Topliss-reactive ketones (excluding diaryl/α,β-unsaturated/α-hetero) is 1. The van der Waals surface area contributed by atoms with Gasteiger partial charge < -0.3 is 14.7 Å². The fourth-order valence-corrected chi connectivity index (χ4v) is 3.46. The van der Waals surface area contributed by atoms with Gasteiger partial charge in [-0.25, -0.2) is 0 Å². The minimum atomic E-state index is -0.651. The van der Waals surface area contributed by atoms with E-state index in [0.717, 1.165) is 11.1 Å². The maximum Gasteiger partial charge on any atom is 0.295 e. The molecular weight excluding hydrogens is 342 g/mol. The first kappa shape index (κ1) is 18.9. The van der Waals surface area contributed by atoms with Gasteiger partial charge in [-0.2, -0.15) is 0 Å². The average Bonchev–Trinajstić information content (AvgIpc) is 2.93. The second kappa shape index (κ2) is 8.18. The number of benzene rings is 2. The third-order valence-electron chi connectivity index (χ3n) is 4.82. The zero-order valence-electron chi connectivity index (χ0n) is 15.5. The second-order valence-corrected chi connectivity index (χ2v) is 6.56. The lowest BCUT2D eigenvalue weighted by atomic mass is 9.92. The number of carbonyl (C=O) groups excluding carboxylic acids is 2. The van der Waals surface area contributed by atoms with E-state index < -0.39 is 17.7 Å². The van der Waals surface area contributed by atoms with E-state index in [0.29, 0.717) is 25.1 Å². The first-order valence-electron chi connectivity index (χ1n) is 8.94. The Morgan fingerprint density at radius 2 is 1.74 bits per heavy atom. The van der Waals surface area contributed by atoms with Crippen molar-refractivity contribution in [2.75, 3.05) is 20.3 Å². The van der Waals surface area contributed by atoms with Crippen LogP contribution >= 0.6 is 0 Å². The molecule has 0 aromatic heterocycles. The average molecular weight is 365 g/mol. The number of methoxy groups -OCH3 is 1. The summed E-state index contributed by atoms with van der Waals surface area (Å²) < 4.78 is 5.09. The number of carbonyl (C=O) groups is 2. The summed E-state index contributed by atoms with van der Waals surface area (Å²) in [6, 6.07) is 15.9. The fourth-order valence-electron chi connectivity index (χ4n) is 3.46. The second-order valence-electron chi connectivity index (χ2n) is 6.56. The number of amides is 1. The molecule has 1 fully saturated rings. The Bertz CT molecular complexity index is 873. The van der Waals surface area contributed by atoms with E-state index in [4.69, 9.17) is 4.74 Å². The van der Waals surface area contributed by atoms with Crippen molar-refractivity contribution >= 4 is 17.4 Å². The number of hydrogen-bond acceptors (Lipinski definition) is 4. The van der Waals surface area contributed by atoms with Crippen molar-refractivity contribution in [3.8, 4) is 0 Å². The van der Waals surface area contributed by atoms with E-state index >= 15 is 0 Å². The molecule has 2 aromatic rings. The summed E-state index contributed by atoms with van der Waals surface area (Å²) in [5.41, 5.74) is 2.45. The van der Waals surface area contributed by atoms with Crippen LogP contribution in [0.15, 0.2) is 60.2 Å². The van der Waals surface area contributed by atoms with Crippen LogP contribution in [0.4, 0.5) is 0 Å². The number of aliphatic hydroxyl groups is 1. The van der Waals surface area contributed by atoms with E-state index in [1.807, 2.05) is 37.3 Å². The van der Waals surface area contributed by atoms with Crippen LogP contribution < -0.4 is 0 Å². The molecule has 0 radical (unpaired) electrons. The van der Waals surface area contributed by atoms with Crippen LogP contribution in [-0.2, 0) is 14.3 Å². The molecule has 1 amide bonds. The highest BCUT2D eigenvalue weighted by Gasteiger charge is 2.46. The molecule has 3 rings (SSSR count). The van der Waals surface area contributed by atoms with Crippen LogP contribution in [0, 0.1) is 6.92 Å². The van der Waals surface area contributed by atoms with Gasteiger partial charge in [0.2, 0.25) is 0 Å². The molecule has 0 bridgehead atoms. The Labute approximate surface area is 158 Å². The lowest BCUT2D eigenvalue weighted by molar-refractivity contribution is -0.140. The minimum Gasteiger partial charge on any atom is -0.507 e. The fraction of sp³-hybridized carbons (Fsp3) is 0.273. The summed E-state index contributed by atoms with van der Waals surface area (Å²) in [4.78, 5) is 27.1. The summed E-state index contributed by atoms with van der Waals surface area (Å²) >= 11 is 0. The summed E-state index contributed by atoms with van der Waals surface area (Å²) in [6.45, 7) is 2.80. The smallest absolute Gasteiger partial charge is 0.295 e. The van der Waals surface area contributed by atoms with Crippen LogP contribution in [0.3, 0.4) is 0 Å². The Balaban J connectivity index is 2.14. The Morgan fingerprint density at radius 1 is 1.07 bits per heavy atom. The van der Waals surface area contributed by atoms with Crippen LogP contribution in [0.1, 0.15) is 29.2 Å². The molecule has 1 aliphatic rings. The Morgan fingerprint density at radius 3 is 2.41 bits per heavy atom. The number of aryl methyl sites for hydroxylation is 1. The largest absolute Gasteiger partial charge is 0.507 e. The molecule has 1 unspecified atom stereocenters. The molecule has 0 saturated carbocycles. The van der Waals surface area contributed by atoms with Gasteiger partial charge in [-0.05, 0) is 24.5 Å². The van der Waals surface area contributed by atoms with Gasteiger partial charge in [-0.1, -0.05) is 54.6 Å². The van der Waals surface area contributed by atoms with E-state index in [2.05, 4.69) is 0 Å². The Hall–Kier alpha value is -2.92. The molecule has 0 aliphatic carbocycles. The van der Waals surface area contributed by atoms with Gasteiger partial charge in [-0.15, -0.1) is 0 Å². The van der Waals surface area contributed by atoms with Gasteiger partial charge in [0.25, 0.3) is 11.7 Å². The zero-order valence-corrected chi connectivity index (χ0v) is 15.5. The van der Waals surface area contributed by atoms with Crippen molar-refractivity contribution in [1.29, 1.82) is 0 Å². The molecule has 5 heteroatoms. The monoisotopic (exact) mass is 365 g/mol. The first-order valence-corrected chi connectivity index (χ1v) is 8.94. The van der Waals surface area contributed by atoms with Crippen molar-refractivity contribution < 1.29 is 19.4 Å². The molecule has 1 N–H and O–H groups in total. The third-order valence-corrected chi connectivity index (χ3v) is 4.82. The standard InChI is InChI=1S/C22H23NO4/c1-15-9-6-7-12-17(15)19-18(20(24)16-10-4-3-5-11-16)21(25)22(26)23(19)13-8-14-27-2/h3-7,9-12,19,24H,8,13-14H2,1-2H3/b20-18-. The number of ether oxygens (including phenoxy) is 1. The lowest BCUT2D eigenvalue weighted by Crippen LogP contribution is -2.31.